The summed E-state index contributed by atoms with van der Waals surface area (Å²) in [7, 11) is 1.37. The van der Waals surface area contributed by atoms with Gasteiger partial charge in [0.15, 0.2) is 0 Å². The highest BCUT2D eigenvalue weighted by Crippen LogP contribution is 2.24. The van der Waals surface area contributed by atoms with Gasteiger partial charge < -0.3 is 14.2 Å². The van der Waals surface area contributed by atoms with Crippen LogP contribution in [0.5, 0.6) is 0 Å². The second-order valence-corrected chi connectivity index (χ2v) is 5.69. The Hall–Kier alpha value is -1.49. The average Bonchev–Trinajstić information content (AvgIpc) is 2.88. The zero-order chi connectivity index (χ0) is 15.4. The van der Waals surface area contributed by atoms with Crippen molar-refractivity contribution in [1.29, 1.82) is 0 Å². The molecule has 0 saturated carbocycles. The molecule has 0 aromatic carbocycles. The SMILES string of the molecule is CCn1cc(Cl)cc1C(=O)N1CCCCC1CC(=O)OC. The Morgan fingerprint density at radius 3 is 2.86 bits per heavy atom. The molecule has 0 N–H and O–H groups in total. The van der Waals surface area contributed by atoms with Gasteiger partial charge in [0.05, 0.1) is 18.6 Å². The third-order valence-corrected chi connectivity index (χ3v) is 4.15. The summed E-state index contributed by atoms with van der Waals surface area (Å²) in [5, 5.41) is 0.557. The summed E-state index contributed by atoms with van der Waals surface area (Å²) in [5.41, 5.74) is 0.583. The number of amides is 1. The lowest BCUT2D eigenvalue weighted by molar-refractivity contribution is -0.142. The van der Waals surface area contributed by atoms with Crippen LogP contribution in [0.4, 0.5) is 0 Å². The standard InChI is InChI=1S/C15H21ClN2O3/c1-3-17-10-11(16)8-13(17)15(20)18-7-5-4-6-12(18)9-14(19)21-2/h8,10,12H,3-7,9H2,1-2H3. The predicted octanol–water partition coefficient (Wildman–Crippen LogP) is 2.72. The maximum Gasteiger partial charge on any atom is 0.307 e. The Morgan fingerprint density at radius 2 is 2.19 bits per heavy atom. The van der Waals surface area contributed by atoms with Crippen molar-refractivity contribution in [2.45, 2.75) is 45.2 Å². The molecule has 1 fully saturated rings. The smallest absolute Gasteiger partial charge is 0.307 e. The van der Waals surface area contributed by atoms with Crippen LogP contribution in [0.15, 0.2) is 12.3 Å². The van der Waals surface area contributed by atoms with Crippen LogP contribution >= 0.6 is 11.6 Å². The van der Waals surface area contributed by atoms with E-state index in [1.54, 1.807) is 17.2 Å². The number of halogens is 1. The summed E-state index contributed by atoms with van der Waals surface area (Å²) in [6, 6.07) is 1.61. The van der Waals surface area contributed by atoms with Crippen LogP contribution < -0.4 is 0 Å². The largest absolute Gasteiger partial charge is 0.469 e. The second kappa shape index (κ2) is 6.98. The molecule has 1 atom stereocenters. The first-order valence-electron chi connectivity index (χ1n) is 7.30. The van der Waals surface area contributed by atoms with Crippen LogP contribution in [0.25, 0.3) is 0 Å². The van der Waals surface area contributed by atoms with E-state index in [0.717, 1.165) is 19.3 Å². The normalized spacial score (nSPS) is 18.6. The molecule has 1 aromatic heterocycles. The van der Waals surface area contributed by atoms with Crippen LogP contribution in [0, 0.1) is 0 Å². The zero-order valence-electron chi connectivity index (χ0n) is 12.5. The summed E-state index contributed by atoms with van der Waals surface area (Å²) in [6.07, 6.45) is 4.84. The first-order chi connectivity index (χ1) is 10.1. The van der Waals surface area contributed by atoms with E-state index in [0.29, 0.717) is 23.8 Å². The molecule has 0 radical (unpaired) electrons. The van der Waals surface area contributed by atoms with Gasteiger partial charge in [0.25, 0.3) is 5.91 Å². The van der Waals surface area contributed by atoms with Crippen LogP contribution in [-0.2, 0) is 16.1 Å². The Labute approximate surface area is 129 Å². The molecule has 1 unspecified atom stereocenters. The Morgan fingerprint density at radius 1 is 1.43 bits per heavy atom. The molecule has 1 aromatic rings. The number of piperidine rings is 1. The van der Waals surface area contributed by atoms with Gasteiger partial charge in [-0.3, -0.25) is 9.59 Å². The molecule has 21 heavy (non-hydrogen) atoms. The van der Waals surface area contributed by atoms with Gasteiger partial charge in [0, 0.05) is 25.3 Å². The van der Waals surface area contributed by atoms with Gasteiger partial charge in [-0.2, -0.15) is 0 Å². The molecule has 2 rings (SSSR count). The third-order valence-electron chi connectivity index (χ3n) is 3.94. The van der Waals surface area contributed by atoms with Crippen molar-refractivity contribution in [3.63, 3.8) is 0 Å². The van der Waals surface area contributed by atoms with Gasteiger partial charge in [0.2, 0.25) is 0 Å². The summed E-state index contributed by atoms with van der Waals surface area (Å²) >= 11 is 6.00. The number of carbonyl (C=O) groups excluding carboxylic acids is 2. The molecular formula is C15H21ClN2O3. The molecule has 0 spiro atoms. The number of aromatic nitrogens is 1. The predicted molar refractivity (Wildman–Crippen MR) is 80.4 cm³/mol. The Bertz CT molecular complexity index is 527. The Balaban J connectivity index is 2.19. The fraction of sp³-hybridized carbons (Fsp3) is 0.600. The third kappa shape index (κ3) is 3.59. The van der Waals surface area contributed by atoms with E-state index in [-0.39, 0.29) is 24.3 Å². The number of ether oxygens (including phenoxy) is 1. The minimum Gasteiger partial charge on any atom is -0.469 e. The molecule has 1 aliphatic rings. The van der Waals surface area contributed by atoms with E-state index in [4.69, 9.17) is 16.3 Å². The first-order valence-corrected chi connectivity index (χ1v) is 7.68. The van der Waals surface area contributed by atoms with Crippen LogP contribution in [0.1, 0.15) is 43.1 Å². The lowest BCUT2D eigenvalue weighted by Crippen LogP contribution is -2.45. The van der Waals surface area contributed by atoms with E-state index in [9.17, 15) is 9.59 Å². The maximum absolute atomic E-state index is 12.8. The molecular weight excluding hydrogens is 292 g/mol. The first kappa shape index (κ1) is 15.9. The molecule has 116 valence electrons. The maximum atomic E-state index is 12.8. The quantitative estimate of drug-likeness (QED) is 0.803. The molecule has 1 amide bonds. The number of carbonyl (C=O) groups is 2. The minimum atomic E-state index is -0.274. The van der Waals surface area contributed by atoms with E-state index in [2.05, 4.69) is 0 Å². The van der Waals surface area contributed by atoms with Crippen molar-refractivity contribution < 1.29 is 14.3 Å². The summed E-state index contributed by atoms with van der Waals surface area (Å²) in [4.78, 5) is 26.1. The average molecular weight is 313 g/mol. The lowest BCUT2D eigenvalue weighted by atomic mass is 9.99. The van der Waals surface area contributed by atoms with Gasteiger partial charge in [-0.1, -0.05) is 11.6 Å². The minimum absolute atomic E-state index is 0.0580. The molecule has 1 saturated heterocycles. The van der Waals surface area contributed by atoms with Gasteiger partial charge in [-0.25, -0.2) is 0 Å². The van der Waals surface area contributed by atoms with Crippen molar-refractivity contribution >= 4 is 23.5 Å². The van der Waals surface area contributed by atoms with Gasteiger partial charge >= 0.3 is 5.97 Å². The molecule has 0 bridgehead atoms. The summed E-state index contributed by atoms with van der Waals surface area (Å²) < 4.78 is 6.57. The van der Waals surface area contributed by atoms with E-state index >= 15 is 0 Å². The highest BCUT2D eigenvalue weighted by atomic mass is 35.5. The number of methoxy groups -OCH3 is 1. The zero-order valence-corrected chi connectivity index (χ0v) is 13.2. The topological polar surface area (TPSA) is 51.5 Å². The molecule has 2 heterocycles. The van der Waals surface area contributed by atoms with Crippen molar-refractivity contribution in [1.82, 2.24) is 9.47 Å². The van der Waals surface area contributed by atoms with E-state index in [1.807, 2.05) is 11.5 Å². The van der Waals surface area contributed by atoms with Crippen molar-refractivity contribution in [2.24, 2.45) is 0 Å². The summed E-state index contributed by atoms with van der Waals surface area (Å²) in [6.45, 7) is 3.32. The van der Waals surface area contributed by atoms with Crippen LogP contribution in [-0.4, -0.2) is 41.0 Å². The van der Waals surface area contributed by atoms with Gasteiger partial charge in [-0.05, 0) is 32.3 Å². The van der Waals surface area contributed by atoms with Gasteiger partial charge in [-0.15, -0.1) is 0 Å². The van der Waals surface area contributed by atoms with E-state index < -0.39 is 0 Å². The molecule has 1 aliphatic heterocycles. The van der Waals surface area contributed by atoms with Crippen molar-refractivity contribution in [3.8, 4) is 0 Å². The Kier molecular flexibility index (Phi) is 5.28. The van der Waals surface area contributed by atoms with Crippen LogP contribution in [0.2, 0.25) is 5.02 Å². The number of aryl methyl sites for hydroxylation is 1. The monoisotopic (exact) mass is 312 g/mol. The van der Waals surface area contributed by atoms with Crippen molar-refractivity contribution in [3.05, 3.63) is 23.0 Å². The number of hydrogen-bond acceptors (Lipinski definition) is 3. The molecule has 0 aliphatic carbocycles. The molecule has 6 heteroatoms. The number of nitrogens with zero attached hydrogens (tertiary/aromatic N) is 2. The number of hydrogen-bond donors (Lipinski definition) is 0. The second-order valence-electron chi connectivity index (χ2n) is 5.26. The van der Waals surface area contributed by atoms with Gasteiger partial charge in [0.1, 0.15) is 5.69 Å². The number of likely N-dealkylation sites (tertiary alicyclic amines) is 1. The fourth-order valence-electron chi connectivity index (χ4n) is 2.82. The fourth-order valence-corrected chi connectivity index (χ4v) is 3.04. The highest BCUT2D eigenvalue weighted by Gasteiger charge is 2.30. The summed E-state index contributed by atoms with van der Waals surface area (Å²) in [5.74, 6) is -0.332. The van der Waals surface area contributed by atoms with Crippen LogP contribution in [0.3, 0.4) is 0 Å². The highest BCUT2D eigenvalue weighted by molar-refractivity contribution is 6.31. The lowest BCUT2D eigenvalue weighted by Gasteiger charge is -2.35. The number of esters is 1. The molecule has 5 nitrogen and oxygen atoms in total. The van der Waals surface area contributed by atoms with E-state index in [1.165, 1.54) is 7.11 Å². The number of rotatable bonds is 4. The van der Waals surface area contributed by atoms with Crippen molar-refractivity contribution in [2.75, 3.05) is 13.7 Å².